The summed E-state index contributed by atoms with van der Waals surface area (Å²) in [5, 5.41) is 19.7. The number of carboxylic acids is 1. The molecule has 18 heavy (non-hydrogen) atoms. The van der Waals surface area contributed by atoms with Crippen molar-refractivity contribution in [3.05, 3.63) is 22.8 Å². The summed E-state index contributed by atoms with van der Waals surface area (Å²) in [4.78, 5) is 11.6. The first kappa shape index (κ1) is 12.7. The highest BCUT2D eigenvalue weighted by Crippen LogP contribution is 2.51. The number of aryl methyl sites for hydroxylation is 1. The number of phenols is 1. The van der Waals surface area contributed by atoms with Gasteiger partial charge < -0.3 is 14.9 Å². The topological polar surface area (TPSA) is 66.8 Å². The Morgan fingerprint density at radius 2 is 2.00 bits per heavy atom. The summed E-state index contributed by atoms with van der Waals surface area (Å²) in [5.74, 6) is -0.539. The number of carbonyl (C=O) groups is 1. The molecule has 0 saturated heterocycles. The van der Waals surface area contributed by atoms with E-state index in [9.17, 15) is 15.0 Å². The van der Waals surface area contributed by atoms with Gasteiger partial charge in [-0.1, -0.05) is 6.42 Å². The molecule has 1 saturated carbocycles. The molecular formula is C14H18O4. The molecule has 0 aliphatic heterocycles. The van der Waals surface area contributed by atoms with E-state index < -0.39 is 11.4 Å². The maximum atomic E-state index is 11.6. The molecule has 0 bridgehead atoms. The number of benzene rings is 1. The number of aromatic hydroxyl groups is 1. The lowest BCUT2D eigenvalue weighted by Crippen LogP contribution is -2.43. The predicted molar refractivity (Wildman–Crippen MR) is 67.3 cm³/mol. The van der Waals surface area contributed by atoms with Crippen LogP contribution < -0.4 is 4.74 Å². The second-order valence-electron chi connectivity index (χ2n) is 4.99. The lowest BCUT2D eigenvalue weighted by Gasteiger charge is -2.40. The summed E-state index contributed by atoms with van der Waals surface area (Å²) in [7, 11) is 1.47. The lowest BCUT2D eigenvalue weighted by molar-refractivity contribution is -0.147. The van der Waals surface area contributed by atoms with E-state index in [1.807, 2.05) is 13.8 Å². The number of ether oxygens (including phenoxy) is 1. The van der Waals surface area contributed by atoms with Crippen LogP contribution in [0, 0.1) is 13.8 Å². The summed E-state index contributed by atoms with van der Waals surface area (Å²) in [5.41, 5.74) is 1.37. The minimum absolute atomic E-state index is 0.0253. The van der Waals surface area contributed by atoms with Crippen LogP contribution in [0.25, 0.3) is 0 Å². The molecule has 0 unspecified atom stereocenters. The summed E-state index contributed by atoms with van der Waals surface area (Å²) >= 11 is 0. The quantitative estimate of drug-likeness (QED) is 0.865. The zero-order valence-corrected chi connectivity index (χ0v) is 10.9. The molecule has 4 nitrogen and oxygen atoms in total. The molecule has 0 spiro atoms. The number of hydrogen-bond donors (Lipinski definition) is 2. The number of carboxylic acid groups (broad SMARTS) is 1. The molecule has 2 rings (SSSR count). The highest BCUT2D eigenvalue weighted by atomic mass is 16.5. The van der Waals surface area contributed by atoms with Crippen LogP contribution in [0.4, 0.5) is 0 Å². The van der Waals surface area contributed by atoms with Crippen LogP contribution in [0.3, 0.4) is 0 Å². The summed E-state index contributed by atoms with van der Waals surface area (Å²) < 4.78 is 5.12. The molecule has 0 amide bonds. The maximum absolute atomic E-state index is 11.6. The Hall–Kier alpha value is -1.71. The maximum Gasteiger partial charge on any atom is 0.314 e. The summed E-state index contributed by atoms with van der Waals surface area (Å²) in [6.45, 7) is 3.75. The molecule has 98 valence electrons. The number of rotatable bonds is 3. The average molecular weight is 250 g/mol. The molecule has 2 N–H and O–H groups in total. The van der Waals surface area contributed by atoms with Gasteiger partial charge in [0, 0.05) is 5.56 Å². The second kappa shape index (κ2) is 4.19. The van der Waals surface area contributed by atoms with Gasteiger partial charge in [0.05, 0.1) is 12.5 Å². The van der Waals surface area contributed by atoms with Crippen LogP contribution in [0.1, 0.15) is 36.0 Å². The Balaban J connectivity index is 2.70. The first-order chi connectivity index (χ1) is 8.44. The average Bonchev–Trinajstić information content (AvgIpc) is 2.26. The van der Waals surface area contributed by atoms with E-state index in [2.05, 4.69) is 0 Å². The fraction of sp³-hybridized carbons (Fsp3) is 0.500. The van der Waals surface area contributed by atoms with Crippen LogP contribution in [0.5, 0.6) is 11.5 Å². The monoisotopic (exact) mass is 250 g/mol. The van der Waals surface area contributed by atoms with Gasteiger partial charge in [-0.2, -0.15) is 0 Å². The van der Waals surface area contributed by atoms with Crippen molar-refractivity contribution >= 4 is 5.97 Å². The van der Waals surface area contributed by atoms with Gasteiger partial charge >= 0.3 is 5.97 Å². The van der Waals surface area contributed by atoms with Crippen molar-refractivity contribution in [2.75, 3.05) is 7.11 Å². The van der Waals surface area contributed by atoms with Gasteiger partial charge in [-0.3, -0.25) is 4.79 Å². The predicted octanol–water partition coefficient (Wildman–Crippen LogP) is 2.52. The zero-order valence-electron chi connectivity index (χ0n) is 10.9. The van der Waals surface area contributed by atoms with Crippen molar-refractivity contribution < 1.29 is 19.7 Å². The third-order valence-corrected chi connectivity index (χ3v) is 4.10. The van der Waals surface area contributed by atoms with Crippen LogP contribution in [0.15, 0.2) is 6.07 Å². The van der Waals surface area contributed by atoms with Gasteiger partial charge in [-0.25, -0.2) is 0 Å². The largest absolute Gasteiger partial charge is 0.504 e. The molecule has 0 radical (unpaired) electrons. The fourth-order valence-corrected chi connectivity index (χ4v) is 2.71. The van der Waals surface area contributed by atoms with Crippen molar-refractivity contribution in [2.45, 2.75) is 38.5 Å². The molecular weight excluding hydrogens is 232 g/mol. The van der Waals surface area contributed by atoms with Crippen LogP contribution in [-0.2, 0) is 10.2 Å². The molecule has 1 aromatic carbocycles. The third kappa shape index (κ3) is 1.55. The lowest BCUT2D eigenvalue weighted by atomic mass is 9.62. The van der Waals surface area contributed by atoms with Gasteiger partial charge in [0.25, 0.3) is 0 Å². The van der Waals surface area contributed by atoms with Gasteiger partial charge in [0.15, 0.2) is 11.5 Å². The van der Waals surface area contributed by atoms with Crippen molar-refractivity contribution in [3.63, 3.8) is 0 Å². The van der Waals surface area contributed by atoms with E-state index in [-0.39, 0.29) is 5.75 Å². The van der Waals surface area contributed by atoms with Gasteiger partial charge in [0.2, 0.25) is 0 Å². The highest BCUT2D eigenvalue weighted by Gasteiger charge is 2.49. The first-order valence-corrected chi connectivity index (χ1v) is 6.05. The summed E-state index contributed by atoms with van der Waals surface area (Å²) in [6.07, 6.45) is 2.02. The number of hydrogen-bond acceptors (Lipinski definition) is 3. The van der Waals surface area contributed by atoms with E-state index >= 15 is 0 Å². The minimum atomic E-state index is -0.937. The standard InChI is InChI=1S/C14H18O4/c1-8-7-10(18-3)12(15)11(9(8)2)14(13(16)17)5-4-6-14/h7,15H,4-6H2,1-3H3,(H,16,17). The van der Waals surface area contributed by atoms with Crippen LogP contribution >= 0.6 is 0 Å². The molecule has 1 aliphatic carbocycles. The Labute approximate surface area is 106 Å². The third-order valence-electron chi connectivity index (χ3n) is 4.10. The van der Waals surface area contributed by atoms with Crippen LogP contribution in [-0.4, -0.2) is 23.3 Å². The van der Waals surface area contributed by atoms with Crippen molar-refractivity contribution in [3.8, 4) is 11.5 Å². The van der Waals surface area contributed by atoms with Crippen LogP contribution in [0.2, 0.25) is 0 Å². The molecule has 0 atom stereocenters. The van der Waals surface area contributed by atoms with E-state index in [1.54, 1.807) is 6.07 Å². The number of methoxy groups -OCH3 is 1. The fourth-order valence-electron chi connectivity index (χ4n) is 2.71. The molecule has 1 fully saturated rings. The number of phenolic OH excluding ortho intramolecular Hbond substituents is 1. The Morgan fingerprint density at radius 1 is 1.39 bits per heavy atom. The van der Waals surface area contributed by atoms with E-state index in [0.29, 0.717) is 24.2 Å². The molecule has 0 aromatic heterocycles. The Kier molecular flexibility index (Phi) is 2.97. The van der Waals surface area contributed by atoms with E-state index in [0.717, 1.165) is 17.5 Å². The van der Waals surface area contributed by atoms with Gasteiger partial charge in [-0.15, -0.1) is 0 Å². The minimum Gasteiger partial charge on any atom is -0.504 e. The Bertz CT molecular complexity index is 501. The smallest absolute Gasteiger partial charge is 0.314 e. The van der Waals surface area contributed by atoms with E-state index in [4.69, 9.17) is 4.74 Å². The van der Waals surface area contributed by atoms with Gasteiger partial charge in [0.1, 0.15) is 0 Å². The molecule has 4 heteroatoms. The SMILES string of the molecule is COc1cc(C)c(C)c(C2(C(=O)O)CCC2)c1O. The number of aliphatic carboxylic acids is 1. The highest BCUT2D eigenvalue weighted by molar-refractivity contribution is 5.85. The first-order valence-electron chi connectivity index (χ1n) is 6.05. The summed E-state index contributed by atoms with van der Waals surface area (Å²) in [6, 6.07) is 1.74. The Morgan fingerprint density at radius 3 is 2.39 bits per heavy atom. The second-order valence-corrected chi connectivity index (χ2v) is 4.99. The van der Waals surface area contributed by atoms with Crippen molar-refractivity contribution in [1.29, 1.82) is 0 Å². The molecule has 1 aromatic rings. The van der Waals surface area contributed by atoms with E-state index in [1.165, 1.54) is 7.11 Å². The molecule has 1 aliphatic rings. The van der Waals surface area contributed by atoms with Crippen molar-refractivity contribution in [1.82, 2.24) is 0 Å². The molecule has 0 heterocycles. The zero-order chi connectivity index (χ0) is 13.5. The van der Waals surface area contributed by atoms with Gasteiger partial charge in [-0.05, 0) is 43.9 Å². The van der Waals surface area contributed by atoms with Crippen molar-refractivity contribution in [2.24, 2.45) is 0 Å². The normalized spacial score (nSPS) is 17.1.